The van der Waals surface area contributed by atoms with Crippen molar-refractivity contribution in [3.8, 4) is 0 Å². The van der Waals surface area contributed by atoms with Crippen LogP contribution in [0.1, 0.15) is 46.0 Å². The number of benzene rings is 1. The number of aromatic nitrogens is 2. The maximum absolute atomic E-state index is 12.9. The number of nitrogens with one attached hydrogen (secondary N) is 1. The van der Waals surface area contributed by atoms with Crippen LogP contribution in [0.4, 0.5) is 13.2 Å². The van der Waals surface area contributed by atoms with Crippen molar-refractivity contribution in [3.63, 3.8) is 0 Å². The monoisotopic (exact) mass is 367 g/mol. The molecule has 0 spiro atoms. The van der Waals surface area contributed by atoms with Gasteiger partial charge in [0.15, 0.2) is 5.69 Å². The van der Waals surface area contributed by atoms with Crippen LogP contribution in [-0.4, -0.2) is 33.5 Å². The highest BCUT2D eigenvalue weighted by molar-refractivity contribution is 5.92. The Hall–Kier alpha value is -2.97. The summed E-state index contributed by atoms with van der Waals surface area (Å²) in [7, 11) is 0. The zero-order valence-electron chi connectivity index (χ0n) is 14.0. The van der Waals surface area contributed by atoms with E-state index in [-0.39, 0.29) is 17.9 Å². The number of carboxylic acids is 1. The maximum atomic E-state index is 12.9. The highest BCUT2D eigenvalue weighted by Crippen LogP contribution is 2.32. The van der Waals surface area contributed by atoms with Crippen molar-refractivity contribution in [2.75, 3.05) is 6.54 Å². The van der Waals surface area contributed by atoms with Crippen molar-refractivity contribution < 1.29 is 27.9 Å². The Kier molecular flexibility index (Phi) is 5.29. The number of carbonyl (C=O) groups is 2. The number of rotatable bonds is 5. The number of amides is 1. The molecule has 138 valence electrons. The van der Waals surface area contributed by atoms with Gasteiger partial charge in [0.1, 0.15) is 5.69 Å². The molecule has 2 N–H and O–H groups in total. The van der Waals surface area contributed by atoms with Crippen LogP contribution in [0.15, 0.2) is 36.7 Å². The number of halogens is 3. The molecule has 0 aliphatic carbocycles. The Morgan fingerprint density at radius 1 is 1.08 bits per heavy atom. The Bertz CT molecular complexity index is 818. The van der Waals surface area contributed by atoms with E-state index in [2.05, 4.69) is 15.3 Å². The van der Waals surface area contributed by atoms with Gasteiger partial charge in [0.05, 0.1) is 18.0 Å². The fourth-order valence-corrected chi connectivity index (χ4v) is 2.17. The van der Waals surface area contributed by atoms with Gasteiger partial charge in [-0.05, 0) is 11.6 Å². The lowest BCUT2D eigenvalue weighted by molar-refractivity contribution is -0.137. The predicted molar refractivity (Wildman–Crippen MR) is 85.8 cm³/mol. The van der Waals surface area contributed by atoms with Crippen LogP contribution in [0.2, 0.25) is 0 Å². The number of hydrogen-bond acceptors (Lipinski definition) is 4. The maximum Gasteiger partial charge on any atom is 0.416 e. The van der Waals surface area contributed by atoms with Crippen molar-refractivity contribution in [1.29, 1.82) is 0 Å². The normalized spacial score (nSPS) is 11.9. The molecular weight excluding hydrogens is 351 g/mol. The zero-order valence-corrected chi connectivity index (χ0v) is 14.0. The number of nitrogens with zero attached hydrogens (tertiary/aromatic N) is 2. The van der Waals surface area contributed by atoms with E-state index in [4.69, 9.17) is 5.11 Å². The largest absolute Gasteiger partial charge is 0.476 e. The molecule has 0 saturated heterocycles. The number of carboxylic acid groups (broad SMARTS) is 1. The third-order valence-corrected chi connectivity index (χ3v) is 3.77. The van der Waals surface area contributed by atoms with Gasteiger partial charge < -0.3 is 10.4 Å². The second-order valence-corrected chi connectivity index (χ2v) is 6.24. The molecule has 6 nitrogen and oxygen atoms in total. The molecule has 0 aliphatic rings. The molecule has 1 aromatic heterocycles. The molecular formula is C17H16F3N3O3. The van der Waals surface area contributed by atoms with Crippen LogP contribution in [0.25, 0.3) is 0 Å². The van der Waals surface area contributed by atoms with Gasteiger partial charge in [0, 0.05) is 12.0 Å². The highest BCUT2D eigenvalue weighted by atomic mass is 19.4. The Balaban J connectivity index is 2.10. The lowest BCUT2D eigenvalue weighted by Gasteiger charge is -2.26. The molecule has 0 bridgehead atoms. The smallest absolute Gasteiger partial charge is 0.416 e. The number of hydrogen-bond donors (Lipinski definition) is 2. The third-order valence-electron chi connectivity index (χ3n) is 3.77. The Morgan fingerprint density at radius 3 is 2.19 bits per heavy atom. The van der Waals surface area contributed by atoms with E-state index in [1.54, 1.807) is 19.9 Å². The molecule has 26 heavy (non-hydrogen) atoms. The predicted octanol–water partition coefficient (Wildman–Crippen LogP) is 2.90. The fraction of sp³-hybridized carbons (Fsp3) is 0.294. The summed E-state index contributed by atoms with van der Waals surface area (Å²) in [5.74, 6) is -1.87. The van der Waals surface area contributed by atoms with Gasteiger partial charge in [0.25, 0.3) is 5.91 Å². The molecule has 1 heterocycles. The third kappa shape index (κ3) is 4.56. The summed E-state index contributed by atoms with van der Waals surface area (Å²) in [4.78, 5) is 30.1. The van der Waals surface area contributed by atoms with Gasteiger partial charge >= 0.3 is 12.1 Å². The molecule has 0 fully saturated rings. The second-order valence-electron chi connectivity index (χ2n) is 6.24. The second kappa shape index (κ2) is 7.11. The lowest BCUT2D eigenvalue weighted by Crippen LogP contribution is -2.37. The first-order valence-corrected chi connectivity index (χ1v) is 7.52. The van der Waals surface area contributed by atoms with Crippen LogP contribution < -0.4 is 5.32 Å². The quantitative estimate of drug-likeness (QED) is 0.848. The van der Waals surface area contributed by atoms with Crippen LogP contribution in [0.5, 0.6) is 0 Å². The van der Waals surface area contributed by atoms with Crippen LogP contribution >= 0.6 is 0 Å². The standard InChI is InChI=1S/C17H16F3N3O3/c1-16(2,10-4-3-5-11(6-10)17(18,19)20)9-23-14(24)12-7-22-13(8-21-12)15(25)26/h3-8H,9H2,1-2H3,(H,23,24)(H,25,26). The summed E-state index contributed by atoms with van der Waals surface area (Å²) in [5.41, 5.74) is -1.50. The molecule has 9 heteroatoms. The number of carbonyl (C=O) groups excluding carboxylic acids is 1. The van der Waals surface area contributed by atoms with Gasteiger partial charge in [-0.2, -0.15) is 13.2 Å². The first kappa shape index (κ1) is 19.4. The van der Waals surface area contributed by atoms with Crippen molar-refractivity contribution in [2.24, 2.45) is 0 Å². The van der Waals surface area contributed by atoms with Gasteiger partial charge in [-0.15, -0.1) is 0 Å². The summed E-state index contributed by atoms with van der Waals surface area (Å²) in [6.45, 7) is 3.44. The first-order chi connectivity index (χ1) is 12.0. The van der Waals surface area contributed by atoms with E-state index in [0.717, 1.165) is 24.5 Å². The zero-order chi connectivity index (χ0) is 19.5. The van der Waals surface area contributed by atoms with Crippen molar-refractivity contribution >= 4 is 11.9 Å². The van der Waals surface area contributed by atoms with Crippen LogP contribution in [-0.2, 0) is 11.6 Å². The summed E-state index contributed by atoms with van der Waals surface area (Å²) < 4.78 is 38.6. The molecule has 0 saturated carbocycles. The fourth-order valence-electron chi connectivity index (χ4n) is 2.17. The Labute approximate surface area is 147 Å². The van der Waals surface area contributed by atoms with Gasteiger partial charge in [-0.3, -0.25) is 4.79 Å². The van der Waals surface area contributed by atoms with E-state index in [0.29, 0.717) is 5.56 Å². The molecule has 0 unspecified atom stereocenters. The Morgan fingerprint density at radius 2 is 1.65 bits per heavy atom. The molecule has 2 rings (SSSR count). The van der Waals surface area contributed by atoms with Crippen molar-refractivity contribution in [2.45, 2.75) is 25.4 Å². The molecule has 2 aromatic rings. The summed E-state index contributed by atoms with van der Waals surface area (Å²) in [5, 5.41) is 11.3. The topological polar surface area (TPSA) is 92.2 Å². The van der Waals surface area contributed by atoms with E-state index in [1.807, 2.05) is 0 Å². The SMILES string of the molecule is CC(C)(CNC(=O)c1cnc(C(=O)O)cn1)c1cccc(C(F)(F)F)c1. The highest BCUT2D eigenvalue weighted by Gasteiger charge is 2.32. The summed E-state index contributed by atoms with van der Waals surface area (Å²) in [6.07, 6.45) is -2.47. The van der Waals surface area contributed by atoms with E-state index < -0.39 is 29.0 Å². The van der Waals surface area contributed by atoms with E-state index >= 15 is 0 Å². The van der Waals surface area contributed by atoms with Crippen LogP contribution in [0, 0.1) is 0 Å². The van der Waals surface area contributed by atoms with Gasteiger partial charge in [0.2, 0.25) is 0 Å². The number of alkyl halides is 3. The lowest BCUT2D eigenvalue weighted by atomic mass is 9.83. The summed E-state index contributed by atoms with van der Waals surface area (Å²) in [6, 6.07) is 4.91. The van der Waals surface area contributed by atoms with E-state index in [9.17, 15) is 22.8 Å². The van der Waals surface area contributed by atoms with E-state index in [1.165, 1.54) is 6.07 Å². The summed E-state index contributed by atoms with van der Waals surface area (Å²) >= 11 is 0. The molecule has 0 atom stereocenters. The molecule has 0 aliphatic heterocycles. The minimum atomic E-state index is -4.45. The molecule has 1 aromatic carbocycles. The molecule has 0 radical (unpaired) electrons. The minimum Gasteiger partial charge on any atom is -0.476 e. The van der Waals surface area contributed by atoms with Gasteiger partial charge in [-0.1, -0.05) is 32.0 Å². The minimum absolute atomic E-state index is 0.0511. The first-order valence-electron chi connectivity index (χ1n) is 7.52. The van der Waals surface area contributed by atoms with Crippen LogP contribution in [0.3, 0.4) is 0 Å². The number of aromatic carboxylic acids is 1. The van der Waals surface area contributed by atoms with Crippen molar-refractivity contribution in [1.82, 2.24) is 15.3 Å². The van der Waals surface area contributed by atoms with Gasteiger partial charge in [-0.25, -0.2) is 14.8 Å². The average molecular weight is 367 g/mol. The van der Waals surface area contributed by atoms with Crippen molar-refractivity contribution in [3.05, 3.63) is 59.2 Å². The molecule has 1 amide bonds. The average Bonchev–Trinajstić information content (AvgIpc) is 2.59.